The molecule has 3 nitrogen and oxygen atoms in total. The normalized spacial score (nSPS) is 19.9. The molecular weight excluding hydrogens is 260 g/mol. The topological polar surface area (TPSA) is 46.2 Å². The van der Waals surface area contributed by atoms with Crippen LogP contribution in [0.4, 0.5) is 8.78 Å². The molecule has 0 amide bonds. The summed E-state index contributed by atoms with van der Waals surface area (Å²) in [5.74, 6) is -0.833. The molecule has 1 aliphatic rings. The smallest absolute Gasteiger partial charge is 0.150 e. The van der Waals surface area contributed by atoms with Crippen molar-refractivity contribution in [3.05, 3.63) is 35.4 Å². The molecule has 0 spiro atoms. The fourth-order valence-electron chi connectivity index (χ4n) is 2.07. The standard InChI is InChI=1S/C12H15F2NO2S/c13-10-5-9(6-11(14)7-10)8-15-12-1-3-18(16,17)4-2-12/h5-7,12,15H,1-4,8H2. The van der Waals surface area contributed by atoms with Crippen LogP contribution in [0.2, 0.25) is 0 Å². The third-order valence-corrected chi connectivity index (χ3v) is 4.79. The fraction of sp³-hybridized carbons (Fsp3) is 0.500. The summed E-state index contributed by atoms with van der Waals surface area (Å²) >= 11 is 0. The van der Waals surface area contributed by atoms with Gasteiger partial charge in [-0.1, -0.05) is 0 Å². The lowest BCUT2D eigenvalue weighted by Crippen LogP contribution is -2.37. The summed E-state index contributed by atoms with van der Waals surface area (Å²) < 4.78 is 48.4. The van der Waals surface area contributed by atoms with Crippen LogP contribution in [0.3, 0.4) is 0 Å². The lowest BCUT2D eigenvalue weighted by molar-refractivity contribution is 0.461. The maximum absolute atomic E-state index is 12.9. The van der Waals surface area contributed by atoms with E-state index in [4.69, 9.17) is 0 Å². The van der Waals surface area contributed by atoms with Gasteiger partial charge in [-0.05, 0) is 30.5 Å². The maximum atomic E-state index is 12.9. The van der Waals surface area contributed by atoms with Gasteiger partial charge in [0, 0.05) is 18.7 Å². The van der Waals surface area contributed by atoms with Crippen LogP contribution in [0.25, 0.3) is 0 Å². The van der Waals surface area contributed by atoms with Crippen LogP contribution in [0.1, 0.15) is 18.4 Å². The first-order valence-corrected chi connectivity index (χ1v) is 7.65. The Morgan fingerprint density at radius 1 is 1.11 bits per heavy atom. The molecule has 1 N–H and O–H groups in total. The molecule has 0 radical (unpaired) electrons. The van der Waals surface area contributed by atoms with Gasteiger partial charge >= 0.3 is 0 Å². The van der Waals surface area contributed by atoms with E-state index in [-0.39, 0.29) is 17.5 Å². The van der Waals surface area contributed by atoms with Crippen LogP contribution in [-0.2, 0) is 16.4 Å². The highest BCUT2D eigenvalue weighted by Gasteiger charge is 2.22. The molecule has 1 aromatic rings. The average molecular weight is 275 g/mol. The fourth-order valence-corrected chi connectivity index (χ4v) is 3.56. The zero-order chi connectivity index (χ0) is 13.2. The summed E-state index contributed by atoms with van der Waals surface area (Å²) in [7, 11) is -2.87. The number of halogens is 2. The van der Waals surface area contributed by atoms with Gasteiger partial charge in [-0.2, -0.15) is 0 Å². The van der Waals surface area contributed by atoms with Crippen LogP contribution in [0.15, 0.2) is 18.2 Å². The summed E-state index contributed by atoms with van der Waals surface area (Å²) in [6.07, 6.45) is 1.11. The second-order valence-corrected chi connectivity index (χ2v) is 6.89. The van der Waals surface area contributed by atoms with Gasteiger partial charge in [0.1, 0.15) is 21.5 Å². The quantitative estimate of drug-likeness (QED) is 0.912. The van der Waals surface area contributed by atoms with Gasteiger partial charge in [-0.3, -0.25) is 0 Å². The molecule has 0 bridgehead atoms. The van der Waals surface area contributed by atoms with Gasteiger partial charge in [0.15, 0.2) is 0 Å². The van der Waals surface area contributed by atoms with Gasteiger partial charge in [-0.25, -0.2) is 17.2 Å². The molecule has 0 aliphatic carbocycles. The molecule has 6 heteroatoms. The first-order valence-electron chi connectivity index (χ1n) is 5.83. The van der Waals surface area contributed by atoms with Crippen molar-refractivity contribution in [2.24, 2.45) is 0 Å². The zero-order valence-corrected chi connectivity index (χ0v) is 10.6. The van der Waals surface area contributed by atoms with Crippen molar-refractivity contribution < 1.29 is 17.2 Å². The van der Waals surface area contributed by atoms with E-state index in [1.807, 2.05) is 0 Å². The van der Waals surface area contributed by atoms with Gasteiger partial charge in [0.05, 0.1) is 11.5 Å². The Hall–Kier alpha value is -1.01. The Labute approximate surface area is 105 Å². The van der Waals surface area contributed by atoms with E-state index < -0.39 is 21.5 Å². The summed E-state index contributed by atoms with van der Waals surface area (Å²) in [6.45, 7) is 0.347. The van der Waals surface area contributed by atoms with E-state index in [0.29, 0.717) is 24.9 Å². The van der Waals surface area contributed by atoms with Crippen molar-refractivity contribution in [3.63, 3.8) is 0 Å². The number of hydrogen-bond donors (Lipinski definition) is 1. The molecule has 1 aliphatic heterocycles. The van der Waals surface area contributed by atoms with E-state index in [1.54, 1.807) is 0 Å². The van der Waals surface area contributed by atoms with Crippen molar-refractivity contribution in [1.29, 1.82) is 0 Å². The second kappa shape index (κ2) is 5.32. The van der Waals surface area contributed by atoms with Crippen molar-refractivity contribution >= 4 is 9.84 Å². The third kappa shape index (κ3) is 3.74. The van der Waals surface area contributed by atoms with Crippen LogP contribution >= 0.6 is 0 Å². The Balaban J connectivity index is 1.88. The van der Waals surface area contributed by atoms with Crippen LogP contribution in [0, 0.1) is 11.6 Å². The Morgan fingerprint density at radius 2 is 1.67 bits per heavy atom. The lowest BCUT2D eigenvalue weighted by Gasteiger charge is -2.23. The SMILES string of the molecule is O=S1(=O)CCC(NCc2cc(F)cc(F)c2)CC1. The molecule has 18 heavy (non-hydrogen) atoms. The zero-order valence-electron chi connectivity index (χ0n) is 9.83. The Kier molecular flexibility index (Phi) is 3.97. The van der Waals surface area contributed by atoms with Crippen molar-refractivity contribution in [2.75, 3.05) is 11.5 Å². The summed E-state index contributed by atoms with van der Waals surface area (Å²) in [5, 5.41) is 3.13. The van der Waals surface area contributed by atoms with Crippen molar-refractivity contribution in [2.45, 2.75) is 25.4 Å². The van der Waals surface area contributed by atoms with E-state index in [1.165, 1.54) is 12.1 Å². The predicted molar refractivity (Wildman–Crippen MR) is 64.9 cm³/mol. The Morgan fingerprint density at radius 3 is 2.22 bits per heavy atom. The van der Waals surface area contributed by atoms with Gasteiger partial charge in [-0.15, -0.1) is 0 Å². The number of rotatable bonds is 3. The molecule has 0 unspecified atom stereocenters. The summed E-state index contributed by atoms with van der Waals surface area (Å²) in [4.78, 5) is 0. The molecule has 0 saturated carbocycles. The first kappa shape index (κ1) is 13.4. The summed E-state index contributed by atoms with van der Waals surface area (Å²) in [5.41, 5.74) is 0.529. The third-order valence-electron chi connectivity index (χ3n) is 3.07. The monoisotopic (exact) mass is 275 g/mol. The summed E-state index contributed by atoms with van der Waals surface area (Å²) in [6, 6.07) is 3.47. The number of sulfone groups is 1. The van der Waals surface area contributed by atoms with Crippen molar-refractivity contribution in [3.8, 4) is 0 Å². The van der Waals surface area contributed by atoms with Gasteiger partial charge in [0.25, 0.3) is 0 Å². The minimum Gasteiger partial charge on any atom is -0.310 e. The average Bonchev–Trinajstić information content (AvgIpc) is 2.26. The number of hydrogen-bond acceptors (Lipinski definition) is 3. The van der Waals surface area contributed by atoms with Crippen LogP contribution in [0.5, 0.6) is 0 Å². The van der Waals surface area contributed by atoms with Gasteiger partial charge < -0.3 is 5.32 Å². The highest BCUT2D eigenvalue weighted by Crippen LogP contribution is 2.13. The number of nitrogens with one attached hydrogen (secondary N) is 1. The molecule has 0 atom stereocenters. The minimum absolute atomic E-state index is 0.0971. The molecular formula is C12H15F2NO2S. The first-order chi connectivity index (χ1) is 8.44. The molecule has 100 valence electrons. The lowest BCUT2D eigenvalue weighted by atomic mass is 10.1. The second-order valence-electron chi connectivity index (χ2n) is 4.58. The molecule has 1 saturated heterocycles. The molecule has 0 aromatic heterocycles. The van der Waals surface area contributed by atoms with E-state index in [0.717, 1.165) is 6.07 Å². The molecule has 1 aromatic carbocycles. The van der Waals surface area contributed by atoms with Crippen molar-refractivity contribution in [1.82, 2.24) is 5.32 Å². The predicted octanol–water partition coefficient (Wildman–Crippen LogP) is 1.63. The number of benzene rings is 1. The molecule has 1 heterocycles. The minimum atomic E-state index is -2.87. The van der Waals surface area contributed by atoms with E-state index >= 15 is 0 Å². The van der Waals surface area contributed by atoms with E-state index in [2.05, 4.69) is 5.32 Å². The largest absolute Gasteiger partial charge is 0.310 e. The molecule has 1 fully saturated rings. The highest BCUT2D eigenvalue weighted by atomic mass is 32.2. The molecule has 2 rings (SSSR count). The van der Waals surface area contributed by atoms with Crippen LogP contribution < -0.4 is 5.32 Å². The van der Waals surface area contributed by atoms with Crippen LogP contribution in [-0.4, -0.2) is 26.0 Å². The highest BCUT2D eigenvalue weighted by molar-refractivity contribution is 7.91. The van der Waals surface area contributed by atoms with Gasteiger partial charge in [0.2, 0.25) is 0 Å². The maximum Gasteiger partial charge on any atom is 0.150 e. The Bertz CT molecular complexity index is 497. The van der Waals surface area contributed by atoms with E-state index in [9.17, 15) is 17.2 Å².